The lowest BCUT2D eigenvalue weighted by molar-refractivity contribution is -0.240. The molecule has 0 amide bonds. The number of ether oxygens (including phenoxy) is 2. The fourth-order valence-corrected chi connectivity index (χ4v) is 4.87. The predicted octanol–water partition coefficient (Wildman–Crippen LogP) is 2.33. The van der Waals surface area contributed by atoms with Crippen LogP contribution in [0.2, 0.25) is 0 Å². The second kappa shape index (κ2) is 7.42. The number of hydrogen-bond donors (Lipinski definition) is 0. The van der Waals surface area contributed by atoms with Gasteiger partial charge in [-0.1, -0.05) is 0 Å². The highest BCUT2D eigenvalue weighted by Gasteiger charge is 2.43. The minimum absolute atomic E-state index is 0.0455. The largest absolute Gasteiger partial charge is 0.422 e. The van der Waals surface area contributed by atoms with Gasteiger partial charge in [0.2, 0.25) is 5.78 Å². The molecule has 10 heteroatoms. The smallest absolute Gasteiger partial charge is 0.323 e. The molecule has 1 fully saturated rings. The second-order valence-electron chi connectivity index (χ2n) is 7.38. The van der Waals surface area contributed by atoms with E-state index in [4.69, 9.17) is 9.47 Å². The maximum atomic E-state index is 12.9. The third-order valence-electron chi connectivity index (χ3n) is 4.41. The van der Waals surface area contributed by atoms with Gasteiger partial charge in [0.1, 0.15) is 5.03 Å². The Balaban J connectivity index is 1.91. The first-order valence-electron chi connectivity index (χ1n) is 8.84. The van der Waals surface area contributed by atoms with Gasteiger partial charge in [-0.15, -0.1) is 11.3 Å². The van der Waals surface area contributed by atoms with Crippen LogP contribution in [0.5, 0.6) is 0 Å². The van der Waals surface area contributed by atoms with Crippen molar-refractivity contribution in [3.63, 3.8) is 0 Å². The van der Waals surface area contributed by atoms with Crippen molar-refractivity contribution in [3.05, 3.63) is 39.7 Å². The van der Waals surface area contributed by atoms with Crippen molar-refractivity contribution in [2.75, 3.05) is 6.26 Å². The molecule has 0 aromatic carbocycles. The highest BCUT2D eigenvalue weighted by atomic mass is 32.2. The molecule has 3 rings (SSSR count). The third-order valence-corrected chi connectivity index (χ3v) is 6.57. The lowest BCUT2D eigenvalue weighted by Gasteiger charge is -2.33. The van der Waals surface area contributed by atoms with Crippen molar-refractivity contribution >= 4 is 38.9 Å². The maximum Gasteiger partial charge on any atom is 0.323 e. The number of ketones is 1. The molecule has 8 nitrogen and oxygen atoms in total. The van der Waals surface area contributed by atoms with Crippen LogP contribution in [0.15, 0.2) is 28.6 Å². The van der Waals surface area contributed by atoms with Gasteiger partial charge in [-0.2, -0.15) is 0 Å². The molecule has 29 heavy (non-hydrogen) atoms. The Hall–Kier alpha value is -2.46. The number of thiophene rings is 1. The molecule has 2 aromatic rings. The van der Waals surface area contributed by atoms with Gasteiger partial charge < -0.3 is 14.0 Å². The molecule has 0 bridgehead atoms. The van der Waals surface area contributed by atoms with E-state index in [0.717, 1.165) is 11.8 Å². The Kier molecular flexibility index (Phi) is 5.44. The van der Waals surface area contributed by atoms with E-state index in [1.54, 1.807) is 6.07 Å². The van der Waals surface area contributed by atoms with Crippen molar-refractivity contribution in [1.29, 1.82) is 0 Å². The molecular formula is C19H21NO7S2. The van der Waals surface area contributed by atoms with Crippen LogP contribution in [0.25, 0.3) is 0 Å². The zero-order chi connectivity index (χ0) is 21.6. The summed E-state index contributed by atoms with van der Waals surface area (Å²) in [6.45, 7) is 4.71. The number of nitrogens with zero attached hydrogens (tertiary/aromatic N) is 1. The topological polar surface area (TPSA) is 109 Å². The van der Waals surface area contributed by atoms with Gasteiger partial charge in [0.15, 0.2) is 15.8 Å². The second-order valence-corrected chi connectivity index (χ2v) is 10.3. The van der Waals surface area contributed by atoms with Crippen molar-refractivity contribution in [2.45, 2.75) is 44.5 Å². The van der Waals surface area contributed by atoms with Gasteiger partial charge in [-0.25, -0.2) is 8.42 Å². The molecule has 0 radical (unpaired) electrons. The molecule has 156 valence electrons. The molecule has 0 saturated carbocycles. The number of aryl methyl sites for hydroxylation is 1. The van der Waals surface area contributed by atoms with E-state index in [2.05, 4.69) is 0 Å². The van der Waals surface area contributed by atoms with E-state index in [0.29, 0.717) is 4.88 Å². The van der Waals surface area contributed by atoms with Crippen LogP contribution in [-0.4, -0.2) is 42.7 Å². The summed E-state index contributed by atoms with van der Waals surface area (Å²) in [6.07, 6.45) is 0.975. The molecule has 0 unspecified atom stereocenters. The van der Waals surface area contributed by atoms with Crippen LogP contribution >= 0.6 is 11.3 Å². The van der Waals surface area contributed by atoms with Gasteiger partial charge in [0.05, 0.1) is 10.6 Å². The zero-order valence-corrected chi connectivity index (χ0v) is 18.1. The number of sulfone groups is 1. The van der Waals surface area contributed by atoms with Gasteiger partial charge in [-0.3, -0.25) is 14.4 Å². The van der Waals surface area contributed by atoms with Gasteiger partial charge >= 0.3 is 11.9 Å². The summed E-state index contributed by atoms with van der Waals surface area (Å²) in [5.41, 5.74) is 1.10. The summed E-state index contributed by atoms with van der Waals surface area (Å²) in [5.74, 6) is -4.33. The minimum Gasteiger partial charge on any atom is -0.422 e. The van der Waals surface area contributed by atoms with Gasteiger partial charge in [0, 0.05) is 26.6 Å². The molecule has 0 atom stereocenters. The van der Waals surface area contributed by atoms with Crippen molar-refractivity contribution in [3.8, 4) is 0 Å². The number of hydrogen-bond acceptors (Lipinski definition) is 8. The lowest BCUT2D eigenvalue weighted by atomic mass is 10.0. The highest BCUT2D eigenvalue weighted by Crippen LogP contribution is 2.27. The van der Waals surface area contributed by atoms with Crippen LogP contribution < -0.4 is 0 Å². The van der Waals surface area contributed by atoms with E-state index in [9.17, 15) is 22.8 Å². The number of carbonyl (C=O) groups excluding carboxylic acids is 3. The van der Waals surface area contributed by atoms with E-state index < -0.39 is 33.5 Å². The Morgan fingerprint density at radius 2 is 1.83 bits per heavy atom. The monoisotopic (exact) mass is 439 g/mol. The highest BCUT2D eigenvalue weighted by molar-refractivity contribution is 7.90. The quantitative estimate of drug-likeness (QED) is 0.386. The van der Waals surface area contributed by atoms with Crippen molar-refractivity contribution < 1.29 is 32.3 Å². The predicted molar refractivity (Wildman–Crippen MR) is 104 cm³/mol. The van der Waals surface area contributed by atoms with Gasteiger partial charge in [-0.05, 0) is 42.5 Å². The number of esters is 2. The number of carbonyl (C=O) groups is 3. The summed E-state index contributed by atoms with van der Waals surface area (Å²) >= 11 is 1.26. The molecule has 0 N–H and O–H groups in total. The Morgan fingerprint density at radius 3 is 2.34 bits per heavy atom. The SMILES string of the molecule is Cc1csc(C(=O)c2ccc(S(C)(=O)=O)n2CCC2C(=O)OC(C)(C)OC2=O)c1. The van der Waals surface area contributed by atoms with E-state index in [1.807, 2.05) is 12.3 Å². The number of rotatable bonds is 6. The standard InChI is InChI=1S/C19H21NO7S2/c1-11-9-14(28-10-11)16(21)13-5-6-15(29(4,24)25)20(13)8-7-12-17(22)26-19(2,3)27-18(12)23/h5-6,9-10,12H,7-8H2,1-4H3. The third kappa shape index (κ3) is 4.43. The lowest BCUT2D eigenvalue weighted by Crippen LogP contribution is -2.46. The summed E-state index contributed by atoms with van der Waals surface area (Å²) in [5, 5.41) is 1.76. The van der Waals surface area contributed by atoms with Crippen LogP contribution in [0.3, 0.4) is 0 Å². The molecule has 1 saturated heterocycles. The zero-order valence-electron chi connectivity index (χ0n) is 16.4. The summed E-state index contributed by atoms with van der Waals surface area (Å²) in [6, 6.07) is 4.51. The summed E-state index contributed by atoms with van der Waals surface area (Å²) in [4.78, 5) is 37.7. The van der Waals surface area contributed by atoms with E-state index >= 15 is 0 Å². The van der Waals surface area contributed by atoms with Crippen LogP contribution in [0.1, 0.15) is 41.2 Å². The molecule has 0 aliphatic carbocycles. The van der Waals surface area contributed by atoms with Crippen LogP contribution in [0.4, 0.5) is 0 Å². The first-order valence-corrected chi connectivity index (χ1v) is 11.6. The maximum absolute atomic E-state index is 12.9. The fraction of sp³-hybridized carbons (Fsp3) is 0.421. The first kappa shape index (κ1) is 21.3. The molecule has 1 aliphatic rings. The molecule has 1 aliphatic heterocycles. The normalized spacial score (nSPS) is 17.1. The first-order chi connectivity index (χ1) is 13.4. The van der Waals surface area contributed by atoms with Crippen molar-refractivity contribution in [2.24, 2.45) is 5.92 Å². The summed E-state index contributed by atoms with van der Waals surface area (Å²) < 4.78 is 35.9. The Labute approximate surface area is 172 Å². The van der Waals surface area contributed by atoms with E-state index in [-0.39, 0.29) is 29.5 Å². The number of aromatic nitrogens is 1. The molecule has 0 spiro atoms. The molecule has 2 aromatic heterocycles. The summed E-state index contributed by atoms with van der Waals surface area (Å²) in [7, 11) is -3.64. The average molecular weight is 440 g/mol. The van der Waals surface area contributed by atoms with Crippen LogP contribution in [0, 0.1) is 12.8 Å². The minimum atomic E-state index is -3.64. The molecular weight excluding hydrogens is 418 g/mol. The van der Waals surface area contributed by atoms with Crippen molar-refractivity contribution in [1.82, 2.24) is 4.57 Å². The Morgan fingerprint density at radius 1 is 1.21 bits per heavy atom. The number of cyclic esters (lactones) is 2. The van der Waals surface area contributed by atoms with Gasteiger partial charge in [0.25, 0.3) is 5.79 Å². The average Bonchev–Trinajstić information content (AvgIpc) is 3.18. The molecule has 3 heterocycles. The van der Waals surface area contributed by atoms with Crippen LogP contribution in [-0.2, 0) is 35.4 Å². The van der Waals surface area contributed by atoms with E-state index in [1.165, 1.54) is 41.9 Å². The fourth-order valence-electron chi connectivity index (χ4n) is 3.12. The Bertz CT molecular complexity index is 1070.